The van der Waals surface area contributed by atoms with Crippen molar-refractivity contribution in [3.63, 3.8) is 0 Å². The molecule has 0 heterocycles. The summed E-state index contributed by atoms with van der Waals surface area (Å²) in [6.45, 7) is 5.56. The van der Waals surface area contributed by atoms with E-state index in [1.165, 1.54) is 0 Å². The summed E-state index contributed by atoms with van der Waals surface area (Å²) in [5, 5.41) is 10.4. The lowest BCUT2D eigenvalue weighted by molar-refractivity contribution is -0.176. The third-order valence-corrected chi connectivity index (χ3v) is 3.22. The Bertz CT molecular complexity index is 425. The molecule has 0 atom stereocenters. The molecule has 0 saturated heterocycles. The van der Waals surface area contributed by atoms with Crippen molar-refractivity contribution in [1.82, 2.24) is 0 Å². The monoisotopic (exact) mass is 248 g/mol. The molecule has 18 heavy (non-hydrogen) atoms. The van der Waals surface area contributed by atoms with Gasteiger partial charge < -0.3 is 9.84 Å². The highest BCUT2D eigenvalue weighted by Gasteiger charge is 2.48. The quantitative estimate of drug-likeness (QED) is 0.818. The molecule has 1 aliphatic carbocycles. The Labute approximate surface area is 108 Å². The predicted octanol–water partition coefficient (Wildman–Crippen LogP) is 2.63. The van der Waals surface area contributed by atoms with Gasteiger partial charge in [0.05, 0.1) is 11.5 Å². The van der Waals surface area contributed by atoms with Gasteiger partial charge in [-0.3, -0.25) is 4.79 Å². The highest BCUT2D eigenvalue weighted by molar-refractivity contribution is 5.74. The SMILES string of the molecule is CC(C)(C)OC(=O)C1CC(O)(c2ccccc2)C1. The van der Waals surface area contributed by atoms with Crippen LogP contribution in [0.4, 0.5) is 0 Å². The van der Waals surface area contributed by atoms with E-state index in [1.807, 2.05) is 51.1 Å². The van der Waals surface area contributed by atoms with Crippen LogP contribution in [0.2, 0.25) is 0 Å². The molecular formula is C15H20O3. The second-order valence-electron chi connectivity index (χ2n) is 6.04. The van der Waals surface area contributed by atoms with Crippen LogP contribution in [0.5, 0.6) is 0 Å². The zero-order chi connectivity index (χ0) is 13.4. The zero-order valence-corrected chi connectivity index (χ0v) is 11.1. The second kappa shape index (κ2) is 4.39. The second-order valence-corrected chi connectivity index (χ2v) is 6.04. The summed E-state index contributed by atoms with van der Waals surface area (Å²) in [4.78, 5) is 11.8. The van der Waals surface area contributed by atoms with Gasteiger partial charge in [-0.25, -0.2) is 0 Å². The molecule has 1 N–H and O–H groups in total. The summed E-state index contributed by atoms with van der Waals surface area (Å²) in [6, 6.07) is 9.50. The van der Waals surface area contributed by atoms with Gasteiger partial charge in [0.2, 0.25) is 0 Å². The lowest BCUT2D eigenvalue weighted by atomic mass is 9.67. The van der Waals surface area contributed by atoms with Crippen molar-refractivity contribution in [3.8, 4) is 0 Å². The van der Waals surface area contributed by atoms with Crippen LogP contribution in [0.15, 0.2) is 30.3 Å². The Morgan fingerprint density at radius 3 is 2.33 bits per heavy atom. The van der Waals surface area contributed by atoms with E-state index in [1.54, 1.807) is 0 Å². The van der Waals surface area contributed by atoms with Crippen LogP contribution in [-0.4, -0.2) is 16.7 Å². The number of carbonyl (C=O) groups is 1. The molecule has 0 radical (unpaired) electrons. The highest BCUT2D eigenvalue weighted by atomic mass is 16.6. The Morgan fingerprint density at radius 2 is 1.83 bits per heavy atom. The van der Waals surface area contributed by atoms with Crippen LogP contribution in [-0.2, 0) is 15.1 Å². The molecule has 1 aliphatic rings. The van der Waals surface area contributed by atoms with Gasteiger partial charge in [-0.05, 0) is 39.2 Å². The van der Waals surface area contributed by atoms with Gasteiger partial charge in [0.1, 0.15) is 5.60 Å². The number of hydrogen-bond donors (Lipinski definition) is 1. The zero-order valence-electron chi connectivity index (χ0n) is 11.1. The van der Waals surface area contributed by atoms with Crippen LogP contribution in [0.3, 0.4) is 0 Å². The maximum Gasteiger partial charge on any atom is 0.309 e. The molecule has 0 amide bonds. The number of carbonyl (C=O) groups excluding carboxylic acids is 1. The van der Waals surface area contributed by atoms with Crippen LogP contribution < -0.4 is 0 Å². The maximum absolute atomic E-state index is 11.8. The van der Waals surface area contributed by atoms with Crippen LogP contribution in [0.25, 0.3) is 0 Å². The first-order valence-electron chi connectivity index (χ1n) is 6.31. The molecule has 2 rings (SSSR count). The topological polar surface area (TPSA) is 46.5 Å². The summed E-state index contributed by atoms with van der Waals surface area (Å²) in [7, 11) is 0. The Morgan fingerprint density at radius 1 is 1.28 bits per heavy atom. The van der Waals surface area contributed by atoms with E-state index in [0.717, 1.165) is 5.56 Å². The fraction of sp³-hybridized carbons (Fsp3) is 0.533. The molecule has 0 bridgehead atoms. The minimum atomic E-state index is -0.858. The number of esters is 1. The van der Waals surface area contributed by atoms with Crippen molar-refractivity contribution in [2.75, 3.05) is 0 Å². The molecule has 0 aromatic heterocycles. The summed E-state index contributed by atoms with van der Waals surface area (Å²) >= 11 is 0. The molecule has 1 aromatic rings. The molecule has 0 unspecified atom stereocenters. The number of rotatable bonds is 2. The largest absolute Gasteiger partial charge is 0.460 e. The normalized spacial score (nSPS) is 27.4. The first kappa shape index (κ1) is 13.1. The third-order valence-electron chi connectivity index (χ3n) is 3.22. The minimum absolute atomic E-state index is 0.186. The van der Waals surface area contributed by atoms with E-state index < -0.39 is 11.2 Å². The van der Waals surface area contributed by atoms with E-state index >= 15 is 0 Å². The Hall–Kier alpha value is -1.35. The van der Waals surface area contributed by atoms with Crippen molar-refractivity contribution < 1.29 is 14.6 Å². The fourth-order valence-electron chi connectivity index (χ4n) is 2.29. The minimum Gasteiger partial charge on any atom is -0.460 e. The van der Waals surface area contributed by atoms with E-state index in [9.17, 15) is 9.90 Å². The average molecular weight is 248 g/mol. The van der Waals surface area contributed by atoms with Crippen molar-refractivity contribution >= 4 is 5.97 Å². The number of ether oxygens (including phenoxy) is 1. The highest BCUT2D eigenvalue weighted by Crippen LogP contribution is 2.46. The van der Waals surface area contributed by atoms with Gasteiger partial charge in [-0.2, -0.15) is 0 Å². The van der Waals surface area contributed by atoms with Crippen molar-refractivity contribution in [3.05, 3.63) is 35.9 Å². The van der Waals surface area contributed by atoms with Gasteiger partial charge >= 0.3 is 5.97 Å². The first-order valence-corrected chi connectivity index (χ1v) is 6.31. The van der Waals surface area contributed by atoms with Crippen LogP contribution >= 0.6 is 0 Å². The van der Waals surface area contributed by atoms with Gasteiger partial charge in [-0.15, -0.1) is 0 Å². The van der Waals surface area contributed by atoms with E-state index in [4.69, 9.17) is 4.74 Å². The fourth-order valence-corrected chi connectivity index (χ4v) is 2.29. The summed E-state index contributed by atoms with van der Waals surface area (Å²) in [6.07, 6.45) is 0.901. The summed E-state index contributed by atoms with van der Waals surface area (Å²) in [5.74, 6) is -0.391. The van der Waals surface area contributed by atoms with E-state index in [-0.39, 0.29) is 11.9 Å². The molecule has 98 valence electrons. The molecule has 0 aliphatic heterocycles. The van der Waals surface area contributed by atoms with Gasteiger partial charge in [0, 0.05) is 0 Å². The van der Waals surface area contributed by atoms with Crippen LogP contribution in [0, 0.1) is 5.92 Å². The third kappa shape index (κ3) is 2.72. The van der Waals surface area contributed by atoms with Crippen molar-refractivity contribution in [1.29, 1.82) is 0 Å². The average Bonchev–Trinajstić information content (AvgIpc) is 2.23. The van der Waals surface area contributed by atoms with Crippen molar-refractivity contribution in [2.45, 2.75) is 44.8 Å². The van der Waals surface area contributed by atoms with Gasteiger partial charge in [0.15, 0.2) is 0 Å². The van der Waals surface area contributed by atoms with Crippen LogP contribution in [0.1, 0.15) is 39.2 Å². The Kier molecular flexibility index (Phi) is 3.20. The lowest BCUT2D eigenvalue weighted by Gasteiger charge is -2.43. The number of hydrogen-bond acceptors (Lipinski definition) is 3. The molecule has 1 saturated carbocycles. The first-order chi connectivity index (χ1) is 8.30. The van der Waals surface area contributed by atoms with Gasteiger partial charge in [0.25, 0.3) is 0 Å². The van der Waals surface area contributed by atoms with E-state index in [0.29, 0.717) is 12.8 Å². The Balaban J connectivity index is 1.96. The van der Waals surface area contributed by atoms with E-state index in [2.05, 4.69) is 0 Å². The molecule has 1 fully saturated rings. The summed E-state index contributed by atoms with van der Waals surface area (Å²) in [5.41, 5.74) is -0.440. The molecule has 1 aromatic carbocycles. The lowest BCUT2D eigenvalue weighted by Crippen LogP contribution is -2.46. The van der Waals surface area contributed by atoms with Gasteiger partial charge in [-0.1, -0.05) is 30.3 Å². The smallest absolute Gasteiger partial charge is 0.309 e. The summed E-state index contributed by atoms with van der Waals surface area (Å²) < 4.78 is 5.32. The standard InChI is InChI=1S/C15H20O3/c1-14(2,3)18-13(16)11-9-15(17,10-11)12-7-5-4-6-8-12/h4-8,11,17H,9-10H2,1-3H3. The predicted molar refractivity (Wildman–Crippen MR) is 68.9 cm³/mol. The molecular weight excluding hydrogens is 228 g/mol. The number of aliphatic hydroxyl groups is 1. The maximum atomic E-state index is 11.8. The number of benzene rings is 1. The molecule has 3 nitrogen and oxygen atoms in total. The molecule has 0 spiro atoms. The van der Waals surface area contributed by atoms with Crippen molar-refractivity contribution in [2.24, 2.45) is 5.92 Å². The molecule has 3 heteroatoms.